The molecule has 2 saturated heterocycles. The number of imide groups is 1. The molecule has 7 rings (SSSR count). The quantitative estimate of drug-likeness (QED) is 0.143. The van der Waals surface area contributed by atoms with Crippen LogP contribution >= 0.6 is 0 Å². The van der Waals surface area contributed by atoms with Crippen molar-refractivity contribution in [2.45, 2.75) is 87.4 Å². The van der Waals surface area contributed by atoms with Crippen LogP contribution in [0.1, 0.15) is 66.4 Å². The van der Waals surface area contributed by atoms with Crippen LogP contribution in [0.15, 0.2) is 23.2 Å². The Balaban J connectivity index is 1.17. The third-order valence-electron chi connectivity index (χ3n) is 10.4. The number of nitrogens with two attached hydrogens (primary N) is 2. The number of hydrogen-bond donors (Lipinski definition) is 7. The molecule has 4 aliphatic heterocycles. The Bertz CT molecular complexity index is 1390. The summed E-state index contributed by atoms with van der Waals surface area (Å²) in [5.74, 6) is -2.87. The van der Waals surface area contributed by atoms with Crippen LogP contribution in [0.5, 0.6) is 0 Å². The van der Waals surface area contributed by atoms with E-state index in [1.54, 1.807) is 6.07 Å². The van der Waals surface area contributed by atoms with Crippen molar-refractivity contribution in [3.8, 4) is 0 Å². The molecule has 2 bridgehead atoms. The molecule has 2 aliphatic carbocycles. The number of carbonyl (C=O) groups is 3. The van der Waals surface area contributed by atoms with Gasteiger partial charge in [0.15, 0.2) is 12.0 Å². The van der Waals surface area contributed by atoms with Crippen molar-refractivity contribution in [2.75, 3.05) is 13.1 Å². The maximum atomic E-state index is 13.6. The third kappa shape index (κ3) is 4.00. The number of carbonyl (C=O) groups excluding carboxylic acids is 3. The zero-order chi connectivity index (χ0) is 29.4. The molecule has 42 heavy (non-hydrogen) atoms. The number of nitrogens with zero attached hydrogens (tertiary/aromatic N) is 3. The average Bonchev–Trinajstić information content (AvgIpc) is 3.61. The van der Waals surface area contributed by atoms with Gasteiger partial charge in [-0.2, -0.15) is 0 Å². The van der Waals surface area contributed by atoms with E-state index in [2.05, 4.69) is 20.6 Å². The molecule has 3 amide bonds. The first kappa shape index (κ1) is 27.1. The number of aliphatic hydroxyl groups is 2. The van der Waals surface area contributed by atoms with Crippen LogP contribution in [-0.2, 0) is 22.4 Å². The SMILES string of the molecule is NC1=N[C@@H](CN2C(=O)CC3CCC(CC2=O)C3)C2[NH+]=C(N)NC23N1CC(NC(=O)c1cccc2c1CCCC2)C3(O)O. The van der Waals surface area contributed by atoms with E-state index in [1.165, 1.54) is 9.80 Å². The lowest BCUT2D eigenvalue weighted by Crippen LogP contribution is -2.90. The van der Waals surface area contributed by atoms with E-state index in [4.69, 9.17) is 11.5 Å². The molecular formula is C29H39N8O5+. The summed E-state index contributed by atoms with van der Waals surface area (Å²) in [5, 5.41) is 29.5. The number of hydrogen-bond acceptors (Lipinski definition) is 10. The fourth-order valence-corrected chi connectivity index (χ4v) is 8.34. The molecule has 1 saturated carbocycles. The maximum Gasteiger partial charge on any atom is 0.343 e. The van der Waals surface area contributed by atoms with E-state index in [0.29, 0.717) is 18.4 Å². The minimum atomic E-state index is -2.57. The first-order valence-electron chi connectivity index (χ1n) is 15.1. The average molecular weight is 580 g/mol. The van der Waals surface area contributed by atoms with Gasteiger partial charge in [-0.25, -0.2) is 10.3 Å². The second kappa shape index (κ2) is 9.66. The molecule has 4 heterocycles. The number of nitrogens with one attached hydrogen (secondary N) is 3. The zero-order valence-electron chi connectivity index (χ0n) is 23.5. The van der Waals surface area contributed by atoms with Gasteiger partial charge in [0, 0.05) is 18.4 Å². The summed E-state index contributed by atoms with van der Waals surface area (Å²) in [6, 6.07) is 2.77. The number of aryl methyl sites for hydroxylation is 1. The van der Waals surface area contributed by atoms with Crippen LogP contribution in [0.4, 0.5) is 0 Å². The molecule has 224 valence electrons. The van der Waals surface area contributed by atoms with E-state index in [1.807, 2.05) is 12.1 Å². The van der Waals surface area contributed by atoms with Gasteiger partial charge in [0.25, 0.3) is 11.6 Å². The molecule has 3 fully saturated rings. The van der Waals surface area contributed by atoms with E-state index in [9.17, 15) is 24.6 Å². The van der Waals surface area contributed by atoms with Gasteiger partial charge in [-0.1, -0.05) is 12.1 Å². The highest BCUT2D eigenvalue weighted by atomic mass is 16.5. The molecule has 13 heteroatoms. The fraction of sp³-hybridized carbons (Fsp3) is 0.621. The highest BCUT2D eigenvalue weighted by Crippen LogP contribution is 2.42. The van der Waals surface area contributed by atoms with Gasteiger partial charge < -0.3 is 21.3 Å². The fourth-order valence-electron chi connectivity index (χ4n) is 8.34. The van der Waals surface area contributed by atoms with Gasteiger partial charge in [-0.05, 0) is 74.0 Å². The monoisotopic (exact) mass is 579 g/mol. The van der Waals surface area contributed by atoms with E-state index >= 15 is 0 Å². The molecule has 1 aromatic carbocycles. The Morgan fingerprint density at radius 2 is 1.83 bits per heavy atom. The first-order valence-corrected chi connectivity index (χ1v) is 15.1. The molecule has 0 aromatic heterocycles. The summed E-state index contributed by atoms with van der Waals surface area (Å²) in [6.07, 6.45) is 7.15. The smallest absolute Gasteiger partial charge is 0.343 e. The second-order valence-electron chi connectivity index (χ2n) is 12.8. The highest BCUT2D eigenvalue weighted by molar-refractivity contribution is 5.97. The van der Waals surface area contributed by atoms with Crippen LogP contribution in [-0.4, -0.2) is 92.3 Å². The minimum Gasteiger partial charge on any atom is -0.370 e. The Labute approximate surface area is 243 Å². The number of fused-ring (bicyclic) bond motifs is 3. The van der Waals surface area contributed by atoms with Crippen molar-refractivity contribution in [3.05, 3.63) is 34.9 Å². The van der Waals surface area contributed by atoms with Crippen LogP contribution in [0.3, 0.4) is 0 Å². The first-order chi connectivity index (χ1) is 20.1. The van der Waals surface area contributed by atoms with Crippen molar-refractivity contribution < 1.29 is 29.6 Å². The number of likely N-dealkylation sites (tertiary alicyclic amines) is 1. The largest absolute Gasteiger partial charge is 0.370 e. The predicted molar refractivity (Wildman–Crippen MR) is 150 cm³/mol. The molecule has 6 atom stereocenters. The van der Waals surface area contributed by atoms with E-state index in [0.717, 1.165) is 56.1 Å². The zero-order valence-corrected chi connectivity index (χ0v) is 23.5. The summed E-state index contributed by atoms with van der Waals surface area (Å²) in [5.41, 5.74) is 13.6. The summed E-state index contributed by atoms with van der Waals surface area (Å²) >= 11 is 0. The minimum absolute atomic E-state index is 0.00595. The molecule has 1 aromatic rings. The van der Waals surface area contributed by atoms with Crippen LogP contribution in [0, 0.1) is 11.8 Å². The topological polar surface area (TPSA) is 201 Å². The highest BCUT2D eigenvalue weighted by Gasteiger charge is 2.76. The Morgan fingerprint density at radius 1 is 1.12 bits per heavy atom. The van der Waals surface area contributed by atoms with Gasteiger partial charge in [-0.3, -0.25) is 34.9 Å². The summed E-state index contributed by atoms with van der Waals surface area (Å²) < 4.78 is 0. The Hall–Kier alpha value is -3.71. The van der Waals surface area contributed by atoms with Crippen molar-refractivity contribution in [1.29, 1.82) is 0 Å². The number of guanidine groups is 2. The summed E-state index contributed by atoms with van der Waals surface area (Å²) in [4.78, 5) is 50.5. The van der Waals surface area contributed by atoms with Gasteiger partial charge in [0.2, 0.25) is 17.6 Å². The van der Waals surface area contributed by atoms with Crippen LogP contribution in [0.2, 0.25) is 0 Å². The Kier molecular flexibility index (Phi) is 6.24. The number of benzene rings is 1. The molecule has 0 radical (unpaired) electrons. The maximum absolute atomic E-state index is 13.6. The van der Waals surface area contributed by atoms with Gasteiger partial charge in [-0.15, -0.1) is 0 Å². The van der Waals surface area contributed by atoms with Crippen LogP contribution < -0.4 is 27.1 Å². The molecule has 6 aliphatic rings. The second-order valence-corrected chi connectivity index (χ2v) is 12.8. The third-order valence-corrected chi connectivity index (χ3v) is 10.4. The summed E-state index contributed by atoms with van der Waals surface area (Å²) in [7, 11) is 0. The normalized spacial score (nSPS) is 34.9. The van der Waals surface area contributed by atoms with Crippen molar-refractivity contribution >= 4 is 29.6 Å². The molecule has 1 spiro atoms. The number of rotatable bonds is 4. The molecular weight excluding hydrogens is 540 g/mol. The predicted octanol–water partition coefficient (Wildman–Crippen LogP) is -3.01. The molecule has 9 N–H and O–H groups in total. The standard InChI is InChI=1S/C29H38N8O5/c30-26-34-24-20(13-36-22(38)11-15-8-9-16(10-15)12-23(36)39)32-27(31)37-14-21(29(41,42)28(24,37)35-26)33-25(40)19-7-3-5-17-4-1-2-6-18(17)19/h3,5,7,15-16,20-21,24,41-42H,1-2,4,6,8-14H2,(H2,31,32)(H,33,40)(H3,30,34,35)/p+1/t15?,16?,20-,21?,24?,28?/m0/s1. The molecule has 13 nitrogen and oxygen atoms in total. The Morgan fingerprint density at radius 3 is 2.57 bits per heavy atom. The van der Waals surface area contributed by atoms with Gasteiger partial charge >= 0.3 is 5.96 Å². The van der Waals surface area contributed by atoms with Crippen molar-refractivity contribution in [1.82, 2.24) is 20.4 Å². The van der Waals surface area contributed by atoms with E-state index < -0.39 is 35.5 Å². The van der Waals surface area contributed by atoms with Gasteiger partial charge in [0.1, 0.15) is 12.1 Å². The lowest BCUT2D eigenvalue weighted by molar-refractivity contribution is -0.521. The number of aliphatic imine (C=N–C) groups is 1. The molecule has 5 unspecified atom stereocenters. The van der Waals surface area contributed by atoms with Crippen molar-refractivity contribution in [2.24, 2.45) is 28.3 Å². The lowest BCUT2D eigenvalue weighted by Gasteiger charge is -2.46. The summed E-state index contributed by atoms with van der Waals surface area (Å²) in [6.45, 7) is -0.136. The van der Waals surface area contributed by atoms with Gasteiger partial charge in [0.05, 0.1) is 13.1 Å². The van der Waals surface area contributed by atoms with Crippen LogP contribution in [0.25, 0.3) is 0 Å². The number of amides is 3. The lowest BCUT2D eigenvalue weighted by atomic mass is 9.84. The van der Waals surface area contributed by atoms with Crippen molar-refractivity contribution in [3.63, 3.8) is 0 Å². The van der Waals surface area contributed by atoms with E-state index in [-0.39, 0.29) is 48.7 Å².